The van der Waals surface area contributed by atoms with Gasteiger partial charge in [-0.2, -0.15) is 0 Å². The summed E-state index contributed by atoms with van der Waals surface area (Å²) in [7, 11) is 0. The number of thiocarbonyl (C=S) groups is 1. The predicted molar refractivity (Wildman–Crippen MR) is 270 cm³/mol. The second-order valence-electron chi connectivity index (χ2n) is 18.1. The molecular formula is C50H62N8O14S. The summed E-state index contributed by atoms with van der Waals surface area (Å²) in [6.07, 6.45) is 3.07. The van der Waals surface area contributed by atoms with Gasteiger partial charge in [-0.1, -0.05) is 54.6 Å². The maximum atomic E-state index is 13.8. The number of nitrogens with one attached hydrogen (secondary N) is 3. The van der Waals surface area contributed by atoms with Crippen molar-refractivity contribution in [3.63, 3.8) is 0 Å². The van der Waals surface area contributed by atoms with E-state index in [0.29, 0.717) is 12.1 Å². The Morgan fingerprint density at radius 2 is 1.22 bits per heavy atom. The minimum absolute atomic E-state index is 0.0184. The summed E-state index contributed by atoms with van der Waals surface area (Å²) in [6.45, 7) is -0.640. The number of hydrogen-bond donors (Lipinski definition) is 8. The highest BCUT2D eigenvalue weighted by Crippen LogP contribution is 2.21. The molecule has 3 amide bonds. The number of anilines is 1. The Morgan fingerprint density at radius 1 is 0.658 bits per heavy atom. The standard InChI is InChI=1S/C50H62N8O14S/c59-40(26-37(24-34-8-11-35-5-1-2-6-36(35)23-34)48(70)53-41(49(71)72)7-3-4-16-58-42(60)14-15-43(58)61)27-51-50(73)52-38-12-9-33(10-13-38)25-39-28-56(31-46(66)67)20-19-54(29-44(62)63)17-18-55(30-45(64)65)21-22-57(39)32-47(68)69/h1-2,5-6,8-15,23,37,39,41H,3-4,7,16-22,24-32H2,(H,53,70)(H,62,63)(H,64,65)(H,66,67)(H,68,69)(H,71,72)(H2,51,52,73)/t37-,39?,41+/m1/s1. The molecule has 5 rings (SSSR count). The van der Waals surface area contributed by atoms with Crippen LogP contribution in [0.25, 0.3) is 10.8 Å². The van der Waals surface area contributed by atoms with Crippen molar-refractivity contribution in [1.82, 2.24) is 35.1 Å². The Labute approximate surface area is 426 Å². The van der Waals surface area contributed by atoms with Gasteiger partial charge < -0.3 is 41.5 Å². The summed E-state index contributed by atoms with van der Waals surface area (Å²) in [5.41, 5.74) is 2.02. The number of unbranched alkanes of at least 4 members (excludes halogenated alkanes) is 1. The number of fused-ring (bicyclic) bond motifs is 1. The van der Waals surface area contributed by atoms with Crippen molar-refractivity contribution in [3.8, 4) is 0 Å². The summed E-state index contributed by atoms with van der Waals surface area (Å²) in [5, 5.41) is 59.3. The average molecular weight is 1030 g/mol. The van der Waals surface area contributed by atoms with Crippen LogP contribution in [-0.4, -0.2) is 206 Å². The number of ketones is 1. The molecule has 3 aromatic rings. The van der Waals surface area contributed by atoms with Gasteiger partial charge in [-0.3, -0.25) is 62.9 Å². The number of aliphatic carboxylic acids is 5. The minimum Gasteiger partial charge on any atom is -0.480 e. The van der Waals surface area contributed by atoms with Gasteiger partial charge in [-0.15, -0.1) is 0 Å². The molecule has 3 atom stereocenters. The largest absolute Gasteiger partial charge is 0.480 e. The van der Waals surface area contributed by atoms with Crippen molar-refractivity contribution >= 4 is 87.1 Å². The Kier molecular flexibility index (Phi) is 21.9. The molecule has 1 unspecified atom stereocenters. The van der Waals surface area contributed by atoms with Crippen molar-refractivity contribution in [1.29, 1.82) is 0 Å². The first kappa shape index (κ1) is 56.7. The molecule has 0 aliphatic carbocycles. The molecule has 2 aliphatic heterocycles. The van der Waals surface area contributed by atoms with Gasteiger partial charge in [0.2, 0.25) is 5.91 Å². The summed E-state index contributed by atoms with van der Waals surface area (Å²) >= 11 is 5.50. The number of carboxylic acid groups (broad SMARTS) is 5. The highest BCUT2D eigenvalue weighted by Gasteiger charge is 2.30. The lowest BCUT2D eigenvalue weighted by molar-refractivity contribution is -0.143. The number of benzene rings is 3. The van der Waals surface area contributed by atoms with Crippen LogP contribution >= 0.6 is 12.2 Å². The molecule has 2 heterocycles. The van der Waals surface area contributed by atoms with E-state index in [0.717, 1.165) is 26.8 Å². The number of imide groups is 1. The van der Waals surface area contributed by atoms with Crippen LogP contribution in [0.3, 0.4) is 0 Å². The molecule has 0 aromatic heterocycles. The monoisotopic (exact) mass is 1030 g/mol. The second kappa shape index (κ2) is 28.2. The first-order valence-corrected chi connectivity index (χ1v) is 24.2. The predicted octanol–water partition coefficient (Wildman–Crippen LogP) is 1.08. The third-order valence-electron chi connectivity index (χ3n) is 12.5. The number of carboxylic acids is 5. The number of Topliss-reactive ketones (excluding diaryl/α,β-unsaturated/α-hetero) is 1. The topological polar surface area (TPSA) is 307 Å². The van der Waals surface area contributed by atoms with E-state index in [2.05, 4.69) is 16.0 Å². The van der Waals surface area contributed by atoms with E-state index in [-0.39, 0.29) is 115 Å². The molecule has 3 aromatic carbocycles. The van der Waals surface area contributed by atoms with Crippen molar-refractivity contribution in [2.45, 2.75) is 50.6 Å². The number of hydrogen-bond acceptors (Lipinski definition) is 14. The number of carbonyl (C=O) groups excluding carboxylic acids is 4. The van der Waals surface area contributed by atoms with Gasteiger partial charge in [0.05, 0.1) is 32.7 Å². The SMILES string of the molecule is O=C(O)CN1CCN(CC(=O)O)CCN(CC(=O)O)C(Cc2ccc(NC(=S)NCC(=O)C[C@@H](Cc3ccc4ccccc4c3)C(=O)N[C@@H](CCCCN3C(=O)C=CC3=O)C(=O)O)cc2)CN(CC(=O)O)CC1. The molecule has 2 aliphatic rings. The first-order chi connectivity index (χ1) is 34.8. The van der Waals surface area contributed by atoms with Crippen LogP contribution in [0.1, 0.15) is 36.8 Å². The van der Waals surface area contributed by atoms with Gasteiger partial charge in [0, 0.05) is 88.6 Å². The van der Waals surface area contributed by atoms with Crippen LogP contribution in [0.2, 0.25) is 0 Å². The van der Waals surface area contributed by atoms with Gasteiger partial charge >= 0.3 is 29.8 Å². The van der Waals surface area contributed by atoms with Crippen molar-refractivity contribution in [2.24, 2.45) is 5.92 Å². The van der Waals surface area contributed by atoms with E-state index < -0.39 is 78.7 Å². The van der Waals surface area contributed by atoms with E-state index in [1.807, 2.05) is 42.5 Å². The number of amides is 3. The molecular weight excluding hydrogens is 969 g/mol. The van der Waals surface area contributed by atoms with Crippen molar-refractivity contribution < 1.29 is 68.7 Å². The smallest absolute Gasteiger partial charge is 0.326 e. The summed E-state index contributed by atoms with van der Waals surface area (Å²) in [5.74, 6) is -8.61. The summed E-state index contributed by atoms with van der Waals surface area (Å²) in [6, 6.07) is 18.4. The zero-order valence-corrected chi connectivity index (χ0v) is 41.0. The molecule has 0 saturated carbocycles. The Balaban J connectivity index is 1.23. The molecule has 1 fully saturated rings. The van der Waals surface area contributed by atoms with E-state index in [1.165, 1.54) is 12.2 Å². The highest BCUT2D eigenvalue weighted by molar-refractivity contribution is 7.80. The fourth-order valence-electron chi connectivity index (χ4n) is 8.78. The van der Waals surface area contributed by atoms with E-state index >= 15 is 0 Å². The Morgan fingerprint density at radius 3 is 1.82 bits per heavy atom. The van der Waals surface area contributed by atoms with Crippen LogP contribution in [0.5, 0.6) is 0 Å². The quantitative estimate of drug-likeness (QED) is 0.0335. The van der Waals surface area contributed by atoms with E-state index in [1.54, 1.807) is 43.9 Å². The lowest BCUT2D eigenvalue weighted by Gasteiger charge is -2.37. The molecule has 0 bridgehead atoms. The molecule has 392 valence electrons. The average Bonchev–Trinajstić information content (AvgIpc) is 3.65. The number of carbonyl (C=O) groups is 9. The summed E-state index contributed by atoms with van der Waals surface area (Å²) < 4.78 is 0. The number of rotatable bonds is 25. The fraction of sp³-hybridized carbons (Fsp3) is 0.440. The van der Waals surface area contributed by atoms with Crippen molar-refractivity contribution in [3.05, 3.63) is 90.0 Å². The van der Waals surface area contributed by atoms with Gasteiger partial charge in [0.15, 0.2) is 10.9 Å². The van der Waals surface area contributed by atoms with Gasteiger partial charge in [-0.25, -0.2) is 4.79 Å². The molecule has 73 heavy (non-hydrogen) atoms. The Hall–Kier alpha value is -7.18. The van der Waals surface area contributed by atoms with Gasteiger partial charge in [-0.05, 0) is 78.4 Å². The van der Waals surface area contributed by atoms with Gasteiger partial charge in [0.25, 0.3) is 11.8 Å². The Bertz CT molecular complexity index is 2510. The highest BCUT2D eigenvalue weighted by atomic mass is 32.1. The lowest BCUT2D eigenvalue weighted by Crippen LogP contribution is -2.53. The fourth-order valence-corrected chi connectivity index (χ4v) is 8.97. The van der Waals surface area contributed by atoms with Crippen LogP contribution < -0.4 is 16.0 Å². The molecule has 0 radical (unpaired) electrons. The molecule has 1 saturated heterocycles. The van der Waals surface area contributed by atoms with Crippen LogP contribution in [0.4, 0.5) is 5.69 Å². The maximum absolute atomic E-state index is 13.8. The second-order valence-corrected chi connectivity index (χ2v) is 18.5. The van der Waals surface area contributed by atoms with Gasteiger partial charge in [0.1, 0.15) is 6.04 Å². The zero-order chi connectivity index (χ0) is 53.0. The van der Waals surface area contributed by atoms with Crippen LogP contribution in [-0.2, 0) is 56.0 Å². The third kappa shape index (κ3) is 19.4. The normalized spacial score (nSPS) is 17.3. The molecule has 0 spiro atoms. The van der Waals surface area contributed by atoms with E-state index in [9.17, 15) is 68.7 Å². The zero-order valence-electron chi connectivity index (χ0n) is 40.2. The van der Waals surface area contributed by atoms with Crippen LogP contribution in [0, 0.1) is 5.92 Å². The van der Waals surface area contributed by atoms with Crippen molar-refractivity contribution in [2.75, 3.05) is 90.4 Å². The summed E-state index contributed by atoms with van der Waals surface area (Å²) in [4.78, 5) is 119. The molecule has 22 nitrogen and oxygen atoms in total. The first-order valence-electron chi connectivity index (χ1n) is 23.8. The van der Waals surface area contributed by atoms with Crippen LogP contribution in [0.15, 0.2) is 78.9 Å². The minimum atomic E-state index is -1.30. The molecule has 8 N–H and O–H groups in total. The molecule has 23 heteroatoms. The third-order valence-corrected chi connectivity index (χ3v) is 12.7. The lowest BCUT2D eigenvalue weighted by atomic mass is 9.91. The van der Waals surface area contributed by atoms with E-state index in [4.69, 9.17) is 12.2 Å². The number of nitrogens with zero attached hydrogens (tertiary/aromatic N) is 5. The maximum Gasteiger partial charge on any atom is 0.326 e.